The average Bonchev–Trinajstić information content (AvgIpc) is 3.22. The average molecular weight is 463 g/mol. The van der Waals surface area contributed by atoms with E-state index in [0.29, 0.717) is 17.9 Å². The number of ether oxygens (including phenoxy) is 2. The molecule has 1 aromatic carbocycles. The van der Waals surface area contributed by atoms with E-state index in [1.165, 1.54) is 0 Å². The number of aryl methyl sites for hydroxylation is 2. The molecule has 34 heavy (non-hydrogen) atoms. The lowest BCUT2D eigenvalue weighted by Gasteiger charge is -2.39. The number of nitrogens with zero attached hydrogens (tertiary/aromatic N) is 5. The van der Waals surface area contributed by atoms with E-state index in [0.717, 1.165) is 53.9 Å². The number of anilines is 2. The van der Waals surface area contributed by atoms with E-state index in [9.17, 15) is 0 Å². The van der Waals surface area contributed by atoms with E-state index in [-0.39, 0.29) is 5.41 Å². The quantitative estimate of drug-likeness (QED) is 0.489. The second-order valence-electron chi connectivity index (χ2n) is 9.29. The van der Waals surface area contributed by atoms with Crippen molar-refractivity contribution >= 4 is 17.7 Å². The van der Waals surface area contributed by atoms with E-state index in [1.54, 1.807) is 12.5 Å². The first-order valence-electron chi connectivity index (χ1n) is 11.4. The van der Waals surface area contributed by atoms with Gasteiger partial charge in [-0.2, -0.15) is 0 Å². The van der Waals surface area contributed by atoms with Gasteiger partial charge in [0.1, 0.15) is 12.1 Å². The number of aromatic nitrogens is 4. The third-order valence-electron chi connectivity index (χ3n) is 6.15. The molecule has 0 radical (unpaired) electrons. The molecule has 5 rings (SSSR count). The second kappa shape index (κ2) is 8.37. The Morgan fingerprint density at radius 3 is 2.79 bits per heavy atom. The fourth-order valence-corrected chi connectivity index (χ4v) is 4.24. The Balaban J connectivity index is 1.50. The molecule has 4 N–H and O–H groups in total. The first-order valence-corrected chi connectivity index (χ1v) is 11.4. The van der Waals surface area contributed by atoms with Crippen LogP contribution in [0.15, 0.2) is 35.6 Å². The van der Waals surface area contributed by atoms with Crippen LogP contribution >= 0.6 is 0 Å². The largest absolute Gasteiger partial charge is 0.493 e. The minimum absolute atomic E-state index is 0.0959. The smallest absolute Gasteiger partial charge is 0.212 e. The van der Waals surface area contributed by atoms with Crippen LogP contribution in [0.3, 0.4) is 0 Å². The van der Waals surface area contributed by atoms with E-state index in [4.69, 9.17) is 25.2 Å². The number of nitrogens with one attached hydrogen (secondary N) is 2. The molecule has 10 nitrogen and oxygen atoms in total. The predicted octanol–water partition coefficient (Wildman–Crippen LogP) is 2.65. The molecule has 0 saturated carbocycles. The first kappa shape index (κ1) is 22.3. The van der Waals surface area contributed by atoms with E-state index < -0.39 is 5.79 Å². The third-order valence-corrected chi connectivity index (χ3v) is 6.15. The number of hydrogen-bond acceptors (Lipinski definition) is 9. The van der Waals surface area contributed by atoms with Gasteiger partial charge in [-0.1, -0.05) is 13.0 Å². The first-order chi connectivity index (χ1) is 16.3. The summed E-state index contributed by atoms with van der Waals surface area (Å²) in [5, 5.41) is 15.1. The standard InChI is InChI=1S/C24H30N8O2/c1-5-34-19-9-16(22-31-28-14-32(22)4)6-7-18(19)24(25)27-10-17-8-15(2)29-21(20(17)30-24)26-11-23(3)12-33-13-23/h6-10,14,30H,5,11-13,25H2,1-4H3,(H,26,29). The van der Waals surface area contributed by atoms with Gasteiger partial charge in [0.05, 0.1) is 31.1 Å². The summed E-state index contributed by atoms with van der Waals surface area (Å²) >= 11 is 0. The van der Waals surface area contributed by atoms with Crippen LogP contribution in [-0.4, -0.2) is 52.3 Å². The number of rotatable bonds is 7. The summed E-state index contributed by atoms with van der Waals surface area (Å²) < 4.78 is 13.2. The molecule has 2 aliphatic heterocycles. The number of hydrogen-bond donors (Lipinski definition) is 3. The highest BCUT2D eigenvalue weighted by molar-refractivity contribution is 5.94. The summed E-state index contributed by atoms with van der Waals surface area (Å²) in [6, 6.07) is 7.79. The highest BCUT2D eigenvalue weighted by atomic mass is 16.5. The summed E-state index contributed by atoms with van der Waals surface area (Å²) in [4.78, 5) is 9.44. The highest BCUT2D eigenvalue weighted by Gasteiger charge is 2.36. The Bertz CT molecular complexity index is 1250. The molecule has 0 bridgehead atoms. The molecular formula is C24H30N8O2. The molecule has 10 heteroatoms. The van der Waals surface area contributed by atoms with Crippen molar-refractivity contribution in [1.29, 1.82) is 0 Å². The van der Waals surface area contributed by atoms with Crippen LogP contribution in [0.4, 0.5) is 11.5 Å². The zero-order valence-electron chi connectivity index (χ0n) is 19.9. The number of fused-ring (bicyclic) bond motifs is 1. The molecule has 0 aliphatic carbocycles. The minimum Gasteiger partial charge on any atom is -0.493 e. The molecule has 2 aliphatic rings. The van der Waals surface area contributed by atoms with Gasteiger partial charge in [0.15, 0.2) is 11.6 Å². The SMILES string of the molecule is CCOc1cc(-c2nncn2C)ccc1C1(N)N=Cc2cc(C)nc(NCC3(C)COC3)c2N1. The van der Waals surface area contributed by atoms with Crippen molar-refractivity contribution in [3.63, 3.8) is 0 Å². The summed E-state index contributed by atoms with van der Waals surface area (Å²) in [6.07, 6.45) is 3.46. The van der Waals surface area contributed by atoms with Crippen molar-refractivity contribution in [3.05, 3.63) is 47.4 Å². The van der Waals surface area contributed by atoms with Gasteiger partial charge >= 0.3 is 0 Å². The maximum atomic E-state index is 6.85. The van der Waals surface area contributed by atoms with Gasteiger partial charge < -0.3 is 24.7 Å². The van der Waals surface area contributed by atoms with Gasteiger partial charge in [-0.25, -0.2) is 9.98 Å². The molecule has 178 valence electrons. The normalized spacial score (nSPS) is 20.3. The topological polar surface area (TPSA) is 125 Å². The van der Waals surface area contributed by atoms with Crippen molar-refractivity contribution in [2.75, 3.05) is 37.0 Å². The molecule has 0 spiro atoms. The maximum absolute atomic E-state index is 6.85. The Morgan fingerprint density at radius 2 is 2.12 bits per heavy atom. The van der Waals surface area contributed by atoms with Crippen molar-refractivity contribution in [2.24, 2.45) is 23.2 Å². The molecule has 4 heterocycles. The fraction of sp³-hybridized carbons (Fsp3) is 0.417. The highest BCUT2D eigenvalue weighted by Crippen LogP contribution is 2.39. The monoisotopic (exact) mass is 462 g/mol. The summed E-state index contributed by atoms with van der Waals surface area (Å²) in [7, 11) is 1.90. The van der Waals surface area contributed by atoms with Crippen LogP contribution in [0.25, 0.3) is 11.4 Å². The number of aliphatic imine (C=N–C) groups is 1. The predicted molar refractivity (Wildman–Crippen MR) is 131 cm³/mol. The number of benzene rings is 1. The molecule has 1 saturated heterocycles. The van der Waals surface area contributed by atoms with Gasteiger partial charge in [-0.15, -0.1) is 10.2 Å². The Labute approximate surface area is 198 Å². The Kier molecular flexibility index (Phi) is 5.49. The summed E-state index contributed by atoms with van der Waals surface area (Å²) in [5.74, 6) is 0.890. The van der Waals surface area contributed by atoms with Crippen LogP contribution < -0.4 is 21.1 Å². The van der Waals surface area contributed by atoms with Crippen molar-refractivity contribution in [2.45, 2.75) is 26.6 Å². The van der Waals surface area contributed by atoms with Gasteiger partial charge in [-0.05, 0) is 32.0 Å². The Hall–Kier alpha value is -3.50. The molecule has 0 amide bonds. The minimum atomic E-state index is -1.23. The maximum Gasteiger partial charge on any atom is 0.212 e. The van der Waals surface area contributed by atoms with Crippen LogP contribution in [0.1, 0.15) is 30.7 Å². The van der Waals surface area contributed by atoms with E-state index in [2.05, 4.69) is 27.8 Å². The molecule has 3 aromatic rings. The van der Waals surface area contributed by atoms with Crippen LogP contribution in [0, 0.1) is 12.3 Å². The molecule has 1 atom stereocenters. The number of pyridine rings is 1. The second-order valence-corrected chi connectivity index (χ2v) is 9.29. The summed E-state index contributed by atoms with van der Waals surface area (Å²) in [5.41, 5.74) is 11.2. The van der Waals surface area contributed by atoms with E-state index >= 15 is 0 Å². The van der Waals surface area contributed by atoms with Gasteiger partial charge in [0.25, 0.3) is 0 Å². The Morgan fingerprint density at radius 1 is 1.29 bits per heavy atom. The van der Waals surface area contributed by atoms with Gasteiger partial charge in [0.2, 0.25) is 5.79 Å². The molecule has 1 unspecified atom stereocenters. The lowest BCUT2D eigenvalue weighted by molar-refractivity contribution is -0.0924. The zero-order chi connectivity index (χ0) is 23.9. The molecule has 1 fully saturated rings. The summed E-state index contributed by atoms with van der Waals surface area (Å²) in [6.45, 7) is 8.81. The van der Waals surface area contributed by atoms with Crippen LogP contribution in [-0.2, 0) is 17.6 Å². The van der Waals surface area contributed by atoms with Crippen molar-refractivity contribution in [3.8, 4) is 17.1 Å². The van der Waals surface area contributed by atoms with Gasteiger partial charge in [0, 0.05) is 42.0 Å². The van der Waals surface area contributed by atoms with Crippen LogP contribution in [0.2, 0.25) is 0 Å². The molecular weight excluding hydrogens is 432 g/mol. The lowest BCUT2D eigenvalue weighted by Crippen LogP contribution is -2.46. The number of nitrogens with two attached hydrogens (primary N) is 1. The fourth-order valence-electron chi connectivity index (χ4n) is 4.24. The van der Waals surface area contributed by atoms with Crippen molar-refractivity contribution in [1.82, 2.24) is 19.7 Å². The van der Waals surface area contributed by atoms with E-state index in [1.807, 2.05) is 49.7 Å². The van der Waals surface area contributed by atoms with Crippen LogP contribution in [0.5, 0.6) is 5.75 Å². The van der Waals surface area contributed by atoms with Crippen molar-refractivity contribution < 1.29 is 9.47 Å². The molecule has 2 aromatic heterocycles. The lowest BCUT2D eigenvalue weighted by atomic mass is 9.89. The van der Waals surface area contributed by atoms with Gasteiger partial charge in [-0.3, -0.25) is 5.73 Å². The third kappa shape index (κ3) is 3.99. The zero-order valence-corrected chi connectivity index (χ0v) is 19.9.